The minimum absolute atomic E-state index is 0.165. The Morgan fingerprint density at radius 2 is 1.81 bits per heavy atom. The third kappa shape index (κ3) is 2.56. The SMILES string of the molecule is Cc1ccc(C(=O)c2ccc3c(c2)CC(C)(C)O3)cc1F. The Labute approximate surface area is 123 Å². The first-order valence-electron chi connectivity index (χ1n) is 6.98. The molecule has 0 bridgehead atoms. The minimum atomic E-state index is -0.355. The van der Waals surface area contributed by atoms with E-state index in [4.69, 9.17) is 4.74 Å². The molecular formula is C18H17FO2. The summed E-state index contributed by atoms with van der Waals surface area (Å²) in [6.45, 7) is 5.71. The van der Waals surface area contributed by atoms with Crippen LogP contribution in [-0.2, 0) is 6.42 Å². The van der Waals surface area contributed by atoms with E-state index in [1.54, 1.807) is 25.1 Å². The van der Waals surface area contributed by atoms with E-state index < -0.39 is 0 Å². The van der Waals surface area contributed by atoms with Gasteiger partial charge in [-0.2, -0.15) is 0 Å². The monoisotopic (exact) mass is 284 g/mol. The number of ketones is 1. The van der Waals surface area contributed by atoms with Crippen molar-refractivity contribution in [3.8, 4) is 5.75 Å². The lowest BCUT2D eigenvalue weighted by Gasteiger charge is -2.16. The van der Waals surface area contributed by atoms with Crippen LogP contribution >= 0.6 is 0 Å². The second kappa shape index (κ2) is 4.69. The largest absolute Gasteiger partial charge is 0.487 e. The zero-order valence-electron chi connectivity index (χ0n) is 12.4. The van der Waals surface area contributed by atoms with Gasteiger partial charge in [0.05, 0.1) is 0 Å². The maximum atomic E-state index is 13.6. The second-order valence-corrected chi connectivity index (χ2v) is 6.15. The molecule has 0 saturated carbocycles. The Hall–Kier alpha value is -2.16. The summed E-state index contributed by atoms with van der Waals surface area (Å²) in [5, 5.41) is 0. The Balaban J connectivity index is 1.95. The molecule has 0 saturated heterocycles. The molecule has 108 valence electrons. The van der Waals surface area contributed by atoms with Crippen LogP contribution in [-0.4, -0.2) is 11.4 Å². The Bertz CT molecular complexity index is 732. The van der Waals surface area contributed by atoms with Crippen LogP contribution in [0.3, 0.4) is 0 Å². The highest BCUT2D eigenvalue weighted by molar-refractivity contribution is 6.09. The molecule has 0 aromatic heterocycles. The van der Waals surface area contributed by atoms with Gasteiger partial charge in [-0.3, -0.25) is 4.79 Å². The Morgan fingerprint density at radius 3 is 2.52 bits per heavy atom. The average Bonchev–Trinajstić information content (AvgIpc) is 2.73. The number of halogens is 1. The van der Waals surface area contributed by atoms with E-state index in [1.807, 2.05) is 26.0 Å². The lowest BCUT2D eigenvalue weighted by atomic mass is 9.96. The first kappa shape index (κ1) is 13.8. The smallest absolute Gasteiger partial charge is 0.193 e. The van der Waals surface area contributed by atoms with E-state index in [0.29, 0.717) is 16.7 Å². The van der Waals surface area contributed by atoms with Gasteiger partial charge in [0.15, 0.2) is 5.78 Å². The molecule has 1 aliphatic rings. The molecule has 21 heavy (non-hydrogen) atoms. The Morgan fingerprint density at radius 1 is 1.14 bits per heavy atom. The summed E-state index contributed by atoms with van der Waals surface area (Å²) < 4.78 is 19.4. The number of fused-ring (bicyclic) bond motifs is 1. The van der Waals surface area contributed by atoms with Gasteiger partial charge < -0.3 is 4.74 Å². The highest BCUT2D eigenvalue weighted by Gasteiger charge is 2.30. The van der Waals surface area contributed by atoms with Crippen molar-refractivity contribution in [2.24, 2.45) is 0 Å². The maximum absolute atomic E-state index is 13.6. The van der Waals surface area contributed by atoms with Gasteiger partial charge in [0.25, 0.3) is 0 Å². The summed E-state index contributed by atoms with van der Waals surface area (Å²) in [6, 6.07) is 9.99. The van der Waals surface area contributed by atoms with E-state index in [-0.39, 0.29) is 17.2 Å². The van der Waals surface area contributed by atoms with Crippen molar-refractivity contribution in [3.05, 3.63) is 64.5 Å². The fourth-order valence-corrected chi connectivity index (χ4v) is 2.65. The lowest BCUT2D eigenvalue weighted by Crippen LogP contribution is -2.24. The quantitative estimate of drug-likeness (QED) is 0.777. The summed E-state index contributed by atoms with van der Waals surface area (Å²) in [5.74, 6) is 0.305. The number of carbonyl (C=O) groups is 1. The molecule has 0 fully saturated rings. The van der Waals surface area contributed by atoms with Crippen molar-refractivity contribution in [1.82, 2.24) is 0 Å². The normalized spacial score (nSPS) is 15.4. The molecule has 1 heterocycles. The van der Waals surface area contributed by atoms with Gasteiger partial charge in [-0.25, -0.2) is 4.39 Å². The van der Waals surface area contributed by atoms with Crippen LogP contribution in [0, 0.1) is 12.7 Å². The molecule has 2 aromatic carbocycles. The number of hydrogen-bond acceptors (Lipinski definition) is 2. The molecule has 1 aliphatic heterocycles. The first-order valence-corrected chi connectivity index (χ1v) is 6.98. The van der Waals surface area contributed by atoms with E-state index in [9.17, 15) is 9.18 Å². The molecule has 2 aromatic rings. The fourth-order valence-electron chi connectivity index (χ4n) is 2.65. The van der Waals surface area contributed by atoms with Crippen molar-refractivity contribution in [2.45, 2.75) is 32.8 Å². The number of hydrogen-bond donors (Lipinski definition) is 0. The molecule has 0 aliphatic carbocycles. The molecule has 0 N–H and O–H groups in total. The van der Waals surface area contributed by atoms with Gasteiger partial charge in [-0.15, -0.1) is 0 Å². The van der Waals surface area contributed by atoms with Crippen molar-refractivity contribution in [3.63, 3.8) is 0 Å². The van der Waals surface area contributed by atoms with Crippen LogP contribution in [0.4, 0.5) is 4.39 Å². The number of benzene rings is 2. The molecule has 3 rings (SSSR count). The van der Waals surface area contributed by atoms with E-state index in [0.717, 1.165) is 17.7 Å². The van der Waals surface area contributed by atoms with Crippen molar-refractivity contribution in [2.75, 3.05) is 0 Å². The van der Waals surface area contributed by atoms with Gasteiger partial charge in [0, 0.05) is 17.5 Å². The summed E-state index contributed by atoms with van der Waals surface area (Å²) in [4.78, 5) is 12.5. The van der Waals surface area contributed by atoms with Crippen molar-refractivity contribution < 1.29 is 13.9 Å². The summed E-state index contributed by atoms with van der Waals surface area (Å²) in [5.41, 5.74) is 2.27. The van der Waals surface area contributed by atoms with Gasteiger partial charge >= 0.3 is 0 Å². The van der Waals surface area contributed by atoms with Crippen LogP contribution in [0.1, 0.15) is 40.9 Å². The van der Waals surface area contributed by atoms with E-state index in [2.05, 4.69) is 0 Å². The molecule has 0 radical (unpaired) electrons. The number of ether oxygens (including phenoxy) is 1. The topological polar surface area (TPSA) is 26.3 Å². The standard InChI is InChI=1S/C18H17FO2/c1-11-4-5-13(9-15(11)19)17(20)12-6-7-16-14(8-12)10-18(2,3)21-16/h4-9H,10H2,1-3H3. The van der Waals surface area contributed by atoms with Crippen LogP contribution in [0.15, 0.2) is 36.4 Å². The molecule has 0 amide bonds. The summed E-state index contributed by atoms with van der Waals surface area (Å²) in [6.07, 6.45) is 0.770. The number of aryl methyl sites for hydroxylation is 1. The molecule has 0 unspecified atom stereocenters. The molecular weight excluding hydrogens is 267 g/mol. The fraction of sp³-hybridized carbons (Fsp3) is 0.278. The molecule has 3 heteroatoms. The van der Waals surface area contributed by atoms with E-state index in [1.165, 1.54) is 6.07 Å². The maximum Gasteiger partial charge on any atom is 0.193 e. The Kier molecular flexibility index (Phi) is 3.08. The van der Waals surface area contributed by atoms with Crippen LogP contribution in [0.2, 0.25) is 0 Å². The number of carbonyl (C=O) groups excluding carboxylic acids is 1. The summed E-state index contributed by atoms with van der Waals surface area (Å²) in [7, 11) is 0. The van der Waals surface area contributed by atoms with Crippen molar-refractivity contribution >= 4 is 5.78 Å². The van der Waals surface area contributed by atoms with Gasteiger partial charge in [-0.05, 0) is 56.2 Å². The van der Waals surface area contributed by atoms with E-state index >= 15 is 0 Å². The van der Waals surface area contributed by atoms with Crippen LogP contribution in [0.25, 0.3) is 0 Å². The third-order valence-electron chi connectivity index (χ3n) is 3.76. The summed E-state index contributed by atoms with van der Waals surface area (Å²) >= 11 is 0. The minimum Gasteiger partial charge on any atom is -0.487 e. The first-order chi connectivity index (χ1) is 9.85. The van der Waals surface area contributed by atoms with Gasteiger partial charge in [0.2, 0.25) is 0 Å². The third-order valence-corrected chi connectivity index (χ3v) is 3.76. The van der Waals surface area contributed by atoms with Crippen LogP contribution < -0.4 is 4.74 Å². The zero-order chi connectivity index (χ0) is 15.2. The van der Waals surface area contributed by atoms with Gasteiger partial charge in [-0.1, -0.05) is 12.1 Å². The molecule has 0 spiro atoms. The zero-order valence-corrected chi connectivity index (χ0v) is 12.4. The lowest BCUT2D eigenvalue weighted by molar-refractivity contribution is 0.103. The second-order valence-electron chi connectivity index (χ2n) is 6.15. The van der Waals surface area contributed by atoms with Crippen molar-refractivity contribution in [1.29, 1.82) is 0 Å². The number of rotatable bonds is 2. The van der Waals surface area contributed by atoms with Crippen LogP contribution in [0.5, 0.6) is 5.75 Å². The molecule has 2 nitrogen and oxygen atoms in total. The highest BCUT2D eigenvalue weighted by atomic mass is 19.1. The highest BCUT2D eigenvalue weighted by Crippen LogP contribution is 2.35. The predicted octanol–water partition coefficient (Wildman–Crippen LogP) is 4.08. The van der Waals surface area contributed by atoms with Gasteiger partial charge in [0.1, 0.15) is 17.2 Å². The predicted molar refractivity (Wildman–Crippen MR) is 79.4 cm³/mol. The molecule has 0 atom stereocenters. The average molecular weight is 284 g/mol.